The lowest BCUT2D eigenvalue weighted by atomic mass is 10.0. The average molecular weight is 513 g/mol. The highest BCUT2D eigenvalue weighted by Gasteiger charge is 2.11. The summed E-state index contributed by atoms with van der Waals surface area (Å²) in [6, 6.07) is 34.9. The van der Waals surface area contributed by atoms with E-state index in [-0.39, 0.29) is 0 Å². The van der Waals surface area contributed by atoms with Crippen LogP contribution < -0.4 is 21.4 Å². The van der Waals surface area contributed by atoms with Crippen molar-refractivity contribution in [1.82, 2.24) is 19.9 Å². The molecule has 0 aliphatic carbocycles. The van der Waals surface area contributed by atoms with Crippen molar-refractivity contribution < 1.29 is 0 Å². The number of H-pyrrole nitrogens is 4. The number of hydrogen-bond acceptors (Lipinski definition) is 0. The average Bonchev–Trinajstić information content (AvgIpc) is 3.75. The topological polar surface area (TPSA) is 63.2 Å². The van der Waals surface area contributed by atoms with Crippen molar-refractivity contribution in [2.24, 2.45) is 0 Å². The molecule has 0 atom stereocenters. The first-order chi connectivity index (χ1) is 19.7. The SMILES string of the molecule is C1=c2ccc([nH]2)=Cc2[nH]c(c3cc4ccccc4cc23)C=c2[nH]c(c3cc4ccccc4cc23)=Cc2ccc1[nH]2. The Morgan fingerprint density at radius 1 is 0.350 bits per heavy atom. The van der Waals surface area contributed by atoms with Gasteiger partial charge in [-0.2, -0.15) is 0 Å². The molecule has 0 saturated carbocycles. The van der Waals surface area contributed by atoms with E-state index in [0.29, 0.717) is 0 Å². The van der Waals surface area contributed by atoms with Crippen LogP contribution in [-0.4, -0.2) is 19.9 Å². The fourth-order valence-electron chi connectivity index (χ4n) is 6.21. The Bertz CT molecular complexity index is 2550. The maximum Gasteiger partial charge on any atom is 0.0486 e. The third-order valence-corrected chi connectivity index (χ3v) is 8.13. The molecule has 0 radical (unpaired) electrons. The second-order valence-corrected chi connectivity index (χ2v) is 10.7. The second kappa shape index (κ2) is 8.01. The number of aromatic amines is 4. The Labute approximate surface area is 228 Å². The number of nitrogens with one attached hydrogen (secondary N) is 4. The van der Waals surface area contributed by atoms with Gasteiger partial charge in [-0.05, 0) is 94.4 Å². The number of aromatic nitrogens is 4. The van der Waals surface area contributed by atoms with Gasteiger partial charge in [-0.3, -0.25) is 0 Å². The molecule has 1 aliphatic heterocycles. The molecule has 8 aromatic rings. The molecule has 4 aromatic carbocycles. The summed E-state index contributed by atoms with van der Waals surface area (Å²) >= 11 is 0. The predicted octanol–water partition coefficient (Wildman–Crippen LogP) is 5.24. The maximum absolute atomic E-state index is 3.77. The van der Waals surface area contributed by atoms with Crippen LogP contribution in [0.1, 0.15) is 22.8 Å². The van der Waals surface area contributed by atoms with E-state index in [1.807, 2.05) is 0 Å². The number of hydrogen-bond donors (Lipinski definition) is 4. The van der Waals surface area contributed by atoms with Gasteiger partial charge in [0, 0.05) is 65.7 Å². The number of benzene rings is 4. The maximum atomic E-state index is 3.77. The van der Waals surface area contributed by atoms with Crippen molar-refractivity contribution in [3.05, 3.63) is 141 Å². The molecule has 0 unspecified atom stereocenters. The lowest BCUT2D eigenvalue weighted by Gasteiger charge is -2.00. The van der Waals surface area contributed by atoms with Gasteiger partial charge in [-0.15, -0.1) is 0 Å². The first-order valence-corrected chi connectivity index (χ1v) is 13.6. The van der Waals surface area contributed by atoms with E-state index in [0.717, 1.165) is 44.2 Å². The second-order valence-electron chi connectivity index (χ2n) is 10.7. The van der Waals surface area contributed by atoms with Crippen molar-refractivity contribution in [3.63, 3.8) is 0 Å². The Morgan fingerprint density at radius 2 is 0.850 bits per heavy atom. The highest BCUT2D eigenvalue weighted by molar-refractivity contribution is 6.05. The summed E-state index contributed by atoms with van der Waals surface area (Å²) in [6.07, 6.45) is 8.82. The molecule has 4 nitrogen and oxygen atoms in total. The summed E-state index contributed by atoms with van der Waals surface area (Å²) in [5.74, 6) is 0. The Balaban J connectivity index is 1.46. The molecule has 188 valence electrons. The van der Waals surface area contributed by atoms with E-state index in [2.05, 4.69) is 141 Å². The molecule has 4 heteroatoms. The number of rotatable bonds is 0. The fraction of sp³-hybridized carbons (Fsp3) is 0. The lowest BCUT2D eigenvalue weighted by molar-refractivity contribution is 1.24. The Morgan fingerprint density at radius 3 is 1.48 bits per heavy atom. The van der Waals surface area contributed by atoms with Gasteiger partial charge in [0.15, 0.2) is 0 Å². The quantitative estimate of drug-likeness (QED) is 0.215. The smallest absolute Gasteiger partial charge is 0.0486 e. The summed E-state index contributed by atoms with van der Waals surface area (Å²) in [6.45, 7) is 0. The molecule has 4 N–H and O–H groups in total. The third kappa shape index (κ3) is 3.33. The van der Waals surface area contributed by atoms with Crippen molar-refractivity contribution in [3.8, 4) is 0 Å². The molecule has 4 aromatic heterocycles. The molecular formula is C36H24N4. The number of fused-ring (bicyclic) bond motifs is 16. The summed E-state index contributed by atoms with van der Waals surface area (Å²) in [5, 5.41) is 14.0. The zero-order valence-electron chi connectivity index (χ0n) is 21.5. The van der Waals surface area contributed by atoms with Gasteiger partial charge < -0.3 is 19.9 Å². The molecule has 0 fully saturated rings. The van der Waals surface area contributed by atoms with Gasteiger partial charge in [-0.25, -0.2) is 0 Å². The van der Waals surface area contributed by atoms with E-state index in [9.17, 15) is 0 Å². The first kappa shape index (κ1) is 21.5. The Hall–Kier alpha value is -5.48. The minimum absolute atomic E-state index is 1.05. The minimum Gasteiger partial charge on any atom is -0.355 e. The highest BCUT2D eigenvalue weighted by atomic mass is 14.8. The zero-order chi connectivity index (χ0) is 26.2. The summed E-state index contributed by atoms with van der Waals surface area (Å²) in [4.78, 5) is 14.7. The third-order valence-electron chi connectivity index (χ3n) is 8.13. The summed E-state index contributed by atoms with van der Waals surface area (Å²) in [5.41, 5.74) is 4.28. The first-order valence-electron chi connectivity index (χ1n) is 13.6. The molecule has 1 aliphatic rings. The monoisotopic (exact) mass is 512 g/mol. The van der Waals surface area contributed by atoms with Crippen LogP contribution in [0.3, 0.4) is 0 Å². The van der Waals surface area contributed by atoms with Gasteiger partial charge in [0.25, 0.3) is 0 Å². The molecule has 5 heterocycles. The van der Waals surface area contributed by atoms with Crippen LogP contribution in [0.2, 0.25) is 0 Å². The van der Waals surface area contributed by atoms with E-state index >= 15 is 0 Å². The van der Waals surface area contributed by atoms with Gasteiger partial charge >= 0.3 is 0 Å². The van der Waals surface area contributed by atoms with Crippen LogP contribution in [0, 0.1) is 0 Å². The minimum atomic E-state index is 1.05. The zero-order valence-corrected chi connectivity index (χ0v) is 21.5. The van der Waals surface area contributed by atoms with Crippen LogP contribution in [-0.2, 0) is 0 Å². The fourth-order valence-corrected chi connectivity index (χ4v) is 6.21. The van der Waals surface area contributed by atoms with Gasteiger partial charge in [0.05, 0.1) is 0 Å². The largest absolute Gasteiger partial charge is 0.355 e. The molecule has 40 heavy (non-hydrogen) atoms. The normalized spacial score (nSPS) is 12.8. The van der Waals surface area contributed by atoms with E-state index in [1.54, 1.807) is 0 Å². The predicted molar refractivity (Wildman–Crippen MR) is 166 cm³/mol. The van der Waals surface area contributed by atoms with Crippen LogP contribution in [0.5, 0.6) is 0 Å². The van der Waals surface area contributed by atoms with Gasteiger partial charge in [0.2, 0.25) is 0 Å². The van der Waals surface area contributed by atoms with Crippen molar-refractivity contribution in [2.75, 3.05) is 0 Å². The molecule has 0 saturated heterocycles. The molecule has 0 amide bonds. The summed E-state index contributed by atoms with van der Waals surface area (Å²) in [7, 11) is 0. The van der Waals surface area contributed by atoms with Crippen molar-refractivity contribution >= 4 is 67.4 Å². The van der Waals surface area contributed by atoms with Gasteiger partial charge in [0.1, 0.15) is 0 Å². The standard InChI is InChI=1S/C36H24N4/c1-3-7-23-15-31-29(13-21(23)5-1)33-18-27-11-9-25(37-27)17-26-10-12-28(38-26)19-34-30-14-22-6-2-4-8-24(22)16-32(30)36(40-34)20-35(31)39-33/h1-20,37-40H. The molecule has 8 bridgehead atoms. The van der Waals surface area contributed by atoms with Crippen LogP contribution >= 0.6 is 0 Å². The molecule has 0 spiro atoms. The van der Waals surface area contributed by atoms with Crippen molar-refractivity contribution in [2.45, 2.75) is 0 Å². The Kier molecular flexibility index (Phi) is 4.30. The summed E-state index contributed by atoms with van der Waals surface area (Å²) < 4.78 is 0. The van der Waals surface area contributed by atoms with E-state index in [1.165, 1.54) is 43.1 Å². The van der Waals surface area contributed by atoms with Crippen LogP contribution in [0.25, 0.3) is 67.4 Å². The highest BCUT2D eigenvalue weighted by Crippen LogP contribution is 2.29. The van der Waals surface area contributed by atoms with E-state index < -0.39 is 0 Å². The van der Waals surface area contributed by atoms with E-state index in [4.69, 9.17) is 0 Å². The van der Waals surface area contributed by atoms with Crippen molar-refractivity contribution in [1.29, 1.82) is 0 Å². The molecular weight excluding hydrogens is 488 g/mol. The van der Waals surface area contributed by atoms with Crippen LogP contribution in [0.4, 0.5) is 0 Å². The van der Waals surface area contributed by atoms with Gasteiger partial charge in [-0.1, -0.05) is 48.5 Å². The lowest BCUT2D eigenvalue weighted by Crippen LogP contribution is -2.11. The van der Waals surface area contributed by atoms with Crippen LogP contribution in [0.15, 0.2) is 97.1 Å². The molecule has 9 rings (SSSR count).